The van der Waals surface area contributed by atoms with Crippen molar-refractivity contribution in [1.82, 2.24) is 9.78 Å². The van der Waals surface area contributed by atoms with E-state index in [0.29, 0.717) is 12.2 Å². The molecule has 0 saturated carbocycles. The Morgan fingerprint density at radius 3 is 2.57 bits per heavy atom. The van der Waals surface area contributed by atoms with Crippen LogP contribution in [0.25, 0.3) is 11.3 Å². The van der Waals surface area contributed by atoms with Crippen LogP contribution in [0.4, 0.5) is 5.82 Å². The number of hydrogen-bond donors (Lipinski definition) is 1. The molecule has 0 spiro atoms. The number of halogens is 1. The second-order valence-electron chi connectivity index (χ2n) is 5.71. The molecule has 1 saturated heterocycles. The number of anilines is 1. The Bertz CT molecular complexity index is 783. The largest absolute Gasteiger partial charge is 0.384 e. The molecule has 2 N–H and O–H groups in total. The van der Waals surface area contributed by atoms with E-state index in [1.807, 2.05) is 31.2 Å². The standard InChI is InChI=1S/C14H16BrN3O2S/c1-14(6-7-21(19,20)9-14)18-13(16)8-12(17-18)10-2-4-11(15)5-3-10/h2-5,8H,6-7,9,16H2,1H3. The van der Waals surface area contributed by atoms with Gasteiger partial charge in [0.05, 0.1) is 22.7 Å². The highest BCUT2D eigenvalue weighted by atomic mass is 79.9. The van der Waals surface area contributed by atoms with Crippen LogP contribution < -0.4 is 5.73 Å². The van der Waals surface area contributed by atoms with E-state index in [2.05, 4.69) is 21.0 Å². The predicted octanol–water partition coefficient (Wildman–Crippen LogP) is 2.43. The SMILES string of the molecule is CC1(n2nc(-c3ccc(Br)cc3)cc2N)CCS(=O)(=O)C1. The third-order valence-electron chi connectivity index (χ3n) is 3.87. The maximum atomic E-state index is 11.8. The van der Waals surface area contributed by atoms with E-state index < -0.39 is 15.4 Å². The summed E-state index contributed by atoms with van der Waals surface area (Å²) in [5, 5.41) is 4.54. The number of hydrogen-bond acceptors (Lipinski definition) is 4. The van der Waals surface area contributed by atoms with Gasteiger partial charge >= 0.3 is 0 Å². The van der Waals surface area contributed by atoms with Gasteiger partial charge < -0.3 is 5.73 Å². The molecule has 1 unspecified atom stereocenters. The van der Waals surface area contributed by atoms with Crippen LogP contribution in [0.3, 0.4) is 0 Å². The first-order valence-corrected chi connectivity index (χ1v) is 9.23. The number of sulfone groups is 1. The Morgan fingerprint density at radius 2 is 2.00 bits per heavy atom. The lowest BCUT2D eigenvalue weighted by molar-refractivity contribution is 0.335. The molecule has 1 atom stereocenters. The number of nitrogens with two attached hydrogens (primary N) is 1. The summed E-state index contributed by atoms with van der Waals surface area (Å²) in [4.78, 5) is 0. The van der Waals surface area contributed by atoms with Crippen LogP contribution in [0.5, 0.6) is 0 Å². The summed E-state index contributed by atoms with van der Waals surface area (Å²) in [6, 6.07) is 9.56. The number of aromatic nitrogens is 2. The first kappa shape index (κ1) is 14.6. The van der Waals surface area contributed by atoms with Crippen LogP contribution >= 0.6 is 15.9 Å². The van der Waals surface area contributed by atoms with Crippen LogP contribution in [-0.2, 0) is 15.4 Å². The first-order chi connectivity index (χ1) is 9.79. The average Bonchev–Trinajstić information content (AvgIpc) is 2.92. The molecule has 0 amide bonds. The fourth-order valence-corrected chi connectivity index (χ4v) is 5.12. The monoisotopic (exact) mass is 369 g/mol. The van der Waals surface area contributed by atoms with Crippen molar-refractivity contribution in [3.05, 3.63) is 34.8 Å². The quantitative estimate of drug-likeness (QED) is 0.881. The van der Waals surface area contributed by atoms with Crippen molar-refractivity contribution in [1.29, 1.82) is 0 Å². The molecular weight excluding hydrogens is 354 g/mol. The Balaban J connectivity index is 2.01. The summed E-state index contributed by atoms with van der Waals surface area (Å²) in [6.45, 7) is 1.90. The molecule has 3 rings (SSSR count). The fourth-order valence-electron chi connectivity index (χ4n) is 2.75. The van der Waals surface area contributed by atoms with Crippen molar-refractivity contribution in [2.75, 3.05) is 17.2 Å². The van der Waals surface area contributed by atoms with E-state index in [1.54, 1.807) is 10.7 Å². The number of rotatable bonds is 2. The van der Waals surface area contributed by atoms with E-state index in [4.69, 9.17) is 5.73 Å². The Morgan fingerprint density at radius 1 is 1.33 bits per heavy atom. The molecule has 112 valence electrons. The molecule has 0 bridgehead atoms. The number of nitrogens with zero attached hydrogens (tertiary/aromatic N) is 2. The minimum atomic E-state index is -3.00. The Labute approximate surface area is 132 Å². The molecule has 5 nitrogen and oxygen atoms in total. The molecule has 0 radical (unpaired) electrons. The molecule has 21 heavy (non-hydrogen) atoms. The maximum absolute atomic E-state index is 11.8. The second-order valence-corrected chi connectivity index (χ2v) is 8.81. The minimum absolute atomic E-state index is 0.0889. The van der Waals surface area contributed by atoms with Gasteiger partial charge in [0.2, 0.25) is 0 Å². The lowest BCUT2D eigenvalue weighted by atomic mass is 10.0. The highest BCUT2D eigenvalue weighted by molar-refractivity contribution is 9.10. The van der Waals surface area contributed by atoms with Crippen molar-refractivity contribution in [2.45, 2.75) is 18.9 Å². The van der Waals surface area contributed by atoms with Crippen LogP contribution in [-0.4, -0.2) is 29.7 Å². The zero-order valence-corrected chi connectivity index (χ0v) is 14.0. The molecule has 2 aromatic rings. The highest BCUT2D eigenvalue weighted by Gasteiger charge is 2.41. The van der Waals surface area contributed by atoms with Gasteiger partial charge in [0.1, 0.15) is 5.82 Å². The van der Waals surface area contributed by atoms with E-state index in [0.717, 1.165) is 15.7 Å². The molecule has 1 aromatic heterocycles. The van der Waals surface area contributed by atoms with Crippen LogP contribution in [0.2, 0.25) is 0 Å². The fraction of sp³-hybridized carbons (Fsp3) is 0.357. The van der Waals surface area contributed by atoms with Crippen molar-refractivity contribution in [3.63, 3.8) is 0 Å². The third kappa shape index (κ3) is 2.72. The van der Waals surface area contributed by atoms with Crippen LogP contribution in [0, 0.1) is 0 Å². The normalized spacial score (nSPS) is 24.3. The summed E-state index contributed by atoms with van der Waals surface area (Å²) in [7, 11) is -3.00. The molecular formula is C14H16BrN3O2S. The van der Waals surface area contributed by atoms with Gasteiger partial charge in [-0.3, -0.25) is 0 Å². The third-order valence-corrected chi connectivity index (χ3v) is 6.29. The second kappa shape index (κ2) is 4.84. The van der Waals surface area contributed by atoms with Gasteiger partial charge in [-0.05, 0) is 25.5 Å². The molecule has 1 aliphatic rings. The van der Waals surface area contributed by atoms with Gasteiger partial charge in [-0.25, -0.2) is 13.1 Å². The zero-order valence-electron chi connectivity index (χ0n) is 11.6. The average molecular weight is 370 g/mol. The number of nitrogen functional groups attached to an aromatic ring is 1. The Kier molecular flexibility index (Phi) is 3.37. The maximum Gasteiger partial charge on any atom is 0.152 e. The van der Waals surface area contributed by atoms with Gasteiger partial charge in [0.25, 0.3) is 0 Å². The van der Waals surface area contributed by atoms with E-state index in [-0.39, 0.29) is 11.5 Å². The molecule has 2 heterocycles. The zero-order chi connectivity index (χ0) is 15.3. The molecule has 1 aliphatic heterocycles. The van der Waals surface area contributed by atoms with Gasteiger partial charge in [0, 0.05) is 16.1 Å². The Hall–Kier alpha value is -1.34. The molecule has 0 aliphatic carbocycles. The van der Waals surface area contributed by atoms with Crippen LogP contribution in [0.15, 0.2) is 34.8 Å². The molecule has 1 fully saturated rings. The van der Waals surface area contributed by atoms with Gasteiger partial charge in [-0.2, -0.15) is 5.10 Å². The van der Waals surface area contributed by atoms with Crippen LogP contribution in [0.1, 0.15) is 13.3 Å². The van der Waals surface area contributed by atoms with Crippen molar-refractivity contribution in [3.8, 4) is 11.3 Å². The van der Waals surface area contributed by atoms with E-state index in [9.17, 15) is 8.42 Å². The van der Waals surface area contributed by atoms with Gasteiger partial charge in [-0.1, -0.05) is 28.1 Å². The van der Waals surface area contributed by atoms with Crippen molar-refractivity contribution < 1.29 is 8.42 Å². The van der Waals surface area contributed by atoms with Gasteiger partial charge in [-0.15, -0.1) is 0 Å². The first-order valence-electron chi connectivity index (χ1n) is 6.61. The summed E-state index contributed by atoms with van der Waals surface area (Å²) >= 11 is 3.40. The topological polar surface area (TPSA) is 78.0 Å². The summed E-state index contributed by atoms with van der Waals surface area (Å²) in [6.07, 6.45) is 0.543. The van der Waals surface area contributed by atoms with E-state index >= 15 is 0 Å². The molecule has 1 aromatic carbocycles. The number of benzene rings is 1. The summed E-state index contributed by atoms with van der Waals surface area (Å²) in [5.74, 6) is 0.773. The summed E-state index contributed by atoms with van der Waals surface area (Å²) < 4.78 is 26.2. The molecule has 7 heteroatoms. The van der Waals surface area contributed by atoms with Crippen molar-refractivity contribution in [2.24, 2.45) is 0 Å². The minimum Gasteiger partial charge on any atom is -0.384 e. The lowest BCUT2D eigenvalue weighted by Crippen LogP contribution is -2.33. The smallest absolute Gasteiger partial charge is 0.152 e. The summed E-state index contributed by atoms with van der Waals surface area (Å²) in [5.41, 5.74) is 7.21. The van der Waals surface area contributed by atoms with Crippen molar-refractivity contribution >= 4 is 31.6 Å². The van der Waals surface area contributed by atoms with E-state index in [1.165, 1.54) is 0 Å². The highest BCUT2D eigenvalue weighted by Crippen LogP contribution is 2.34. The lowest BCUT2D eigenvalue weighted by Gasteiger charge is -2.24. The van der Waals surface area contributed by atoms with Gasteiger partial charge in [0.15, 0.2) is 9.84 Å². The predicted molar refractivity (Wildman–Crippen MR) is 86.7 cm³/mol.